The molecule has 23 heavy (non-hydrogen) atoms. The zero-order valence-corrected chi connectivity index (χ0v) is 14.2. The quantitative estimate of drug-likeness (QED) is 0.725. The molecule has 0 saturated carbocycles. The largest absolute Gasteiger partial charge is 0.496 e. The third kappa shape index (κ3) is 5.10. The van der Waals surface area contributed by atoms with Gasteiger partial charge in [-0.3, -0.25) is 4.79 Å². The number of carbonyl (C=O) groups excluding carboxylic acids is 1. The molecule has 0 spiro atoms. The van der Waals surface area contributed by atoms with E-state index < -0.39 is 0 Å². The van der Waals surface area contributed by atoms with Crippen LogP contribution in [-0.2, 0) is 4.74 Å². The maximum atomic E-state index is 12.3. The third-order valence-corrected chi connectivity index (χ3v) is 3.42. The van der Waals surface area contributed by atoms with Gasteiger partial charge in [0.15, 0.2) is 0 Å². The van der Waals surface area contributed by atoms with Gasteiger partial charge in [0.1, 0.15) is 5.75 Å². The van der Waals surface area contributed by atoms with Gasteiger partial charge in [0, 0.05) is 37.7 Å². The van der Waals surface area contributed by atoms with Crippen molar-refractivity contribution in [3.8, 4) is 5.75 Å². The van der Waals surface area contributed by atoms with Gasteiger partial charge in [-0.1, -0.05) is 24.3 Å². The van der Waals surface area contributed by atoms with Crippen molar-refractivity contribution in [1.29, 1.82) is 0 Å². The summed E-state index contributed by atoms with van der Waals surface area (Å²) in [6.45, 7) is 2.72. The summed E-state index contributed by atoms with van der Waals surface area (Å²) in [5.74, 6) is 0.695. The van der Waals surface area contributed by atoms with Gasteiger partial charge < -0.3 is 20.1 Å². The van der Waals surface area contributed by atoms with Crippen LogP contribution in [-0.4, -0.2) is 46.4 Å². The SMILES string of the molecule is COCCNCCNC(=O)c1ccc(OC)c2ccccc12.Cl. The number of hydrogen-bond donors (Lipinski definition) is 2. The van der Waals surface area contributed by atoms with Crippen molar-refractivity contribution >= 4 is 29.1 Å². The molecule has 0 atom stereocenters. The topological polar surface area (TPSA) is 59.6 Å². The first-order valence-electron chi connectivity index (χ1n) is 7.31. The van der Waals surface area contributed by atoms with Gasteiger partial charge in [0.25, 0.3) is 5.91 Å². The molecule has 2 aromatic carbocycles. The summed E-state index contributed by atoms with van der Waals surface area (Å²) in [5.41, 5.74) is 0.660. The van der Waals surface area contributed by atoms with Crippen LogP contribution in [0.5, 0.6) is 5.75 Å². The Morgan fingerprint density at radius 3 is 2.43 bits per heavy atom. The molecule has 0 bridgehead atoms. The number of hydrogen-bond acceptors (Lipinski definition) is 4. The Morgan fingerprint density at radius 2 is 1.74 bits per heavy atom. The number of fused-ring (bicyclic) bond motifs is 1. The summed E-state index contributed by atoms with van der Waals surface area (Å²) >= 11 is 0. The van der Waals surface area contributed by atoms with Crippen molar-refractivity contribution in [2.24, 2.45) is 0 Å². The summed E-state index contributed by atoms with van der Waals surface area (Å²) in [7, 11) is 3.30. The van der Waals surface area contributed by atoms with E-state index in [-0.39, 0.29) is 18.3 Å². The second-order valence-electron chi connectivity index (χ2n) is 4.86. The monoisotopic (exact) mass is 338 g/mol. The van der Waals surface area contributed by atoms with Gasteiger partial charge in [-0.05, 0) is 17.5 Å². The van der Waals surface area contributed by atoms with E-state index in [1.54, 1.807) is 20.3 Å². The van der Waals surface area contributed by atoms with E-state index in [1.807, 2.05) is 30.3 Å². The van der Waals surface area contributed by atoms with Crippen LogP contribution in [0.15, 0.2) is 36.4 Å². The zero-order chi connectivity index (χ0) is 15.8. The Morgan fingerprint density at radius 1 is 1.00 bits per heavy atom. The lowest BCUT2D eigenvalue weighted by molar-refractivity contribution is 0.0955. The predicted octanol–water partition coefficient (Wildman–Crippen LogP) is 2.24. The Balaban J connectivity index is 0.00000264. The summed E-state index contributed by atoms with van der Waals surface area (Å²) in [5, 5.41) is 7.95. The first-order valence-corrected chi connectivity index (χ1v) is 7.31. The van der Waals surface area contributed by atoms with E-state index in [9.17, 15) is 4.79 Å². The highest BCUT2D eigenvalue weighted by Crippen LogP contribution is 2.28. The van der Waals surface area contributed by atoms with Crippen LogP contribution in [0, 0.1) is 0 Å². The number of halogens is 1. The number of methoxy groups -OCH3 is 2. The highest BCUT2D eigenvalue weighted by molar-refractivity contribution is 6.08. The number of carbonyl (C=O) groups is 1. The van der Waals surface area contributed by atoms with Crippen LogP contribution < -0.4 is 15.4 Å². The molecule has 0 heterocycles. The second-order valence-corrected chi connectivity index (χ2v) is 4.86. The van der Waals surface area contributed by atoms with Gasteiger partial charge in [-0.2, -0.15) is 0 Å². The van der Waals surface area contributed by atoms with Gasteiger partial charge in [0.05, 0.1) is 13.7 Å². The molecule has 126 valence electrons. The van der Waals surface area contributed by atoms with Crippen LogP contribution in [0.1, 0.15) is 10.4 Å². The highest BCUT2D eigenvalue weighted by Gasteiger charge is 2.11. The van der Waals surface area contributed by atoms with E-state index in [2.05, 4.69) is 10.6 Å². The smallest absolute Gasteiger partial charge is 0.251 e. The van der Waals surface area contributed by atoms with Crippen molar-refractivity contribution in [1.82, 2.24) is 10.6 Å². The Labute approximate surface area is 142 Å². The Bertz CT molecular complexity index is 634. The Hall–Kier alpha value is -1.82. The highest BCUT2D eigenvalue weighted by atomic mass is 35.5. The number of benzene rings is 2. The minimum absolute atomic E-state index is 0. The number of ether oxygens (including phenoxy) is 2. The minimum Gasteiger partial charge on any atom is -0.496 e. The molecular weight excluding hydrogens is 316 g/mol. The molecule has 2 N–H and O–H groups in total. The number of rotatable bonds is 8. The average molecular weight is 339 g/mol. The van der Waals surface area contributed by atoms with E-state index in [0.717, 1.165) is 23.1 Å². The van der Waals surface area contributed by atoms with Crippen molar-refractivity contribution < 1.29 is 14.3 Å². The van der Waals surface area contributed by atoms with E-state index in [1.165, 1.54) is 0 Å². The maximum Gasteiger partial charge on any atom is 0.251 e. The molecule has 0 aromatic heterocycles. The average Bonchev–Trinajstić information content (AvgIpc) is 2.56. The predicted molar refractivity (Wildman–Crippen MR) is 94.8 cm³/mol. The van der Waals surface area contributed by atoms with Crippen LogP contribution in [0.25, 0.3) is 10.8 Å². The Kier molecular flexibility index (Phi) is 8.40. The van der Waals surface area contributed by atoms with Crippen LogP contribution in [0.2, 0.25) is 0 Å². The molecular formula is C17H23ClN2O3. The molecule has 0 aliphatic carbocycles. The second kappa shape index (κ2) is 10.0. The molecule has 6 heteroatoms. The lowest BCUT2D eigenvalue weighted by Gasteiger charge is -2.11. The van der Waals surface area contributed by atoms with E-state index in [0.29, 0.717) is 25.3 Å². The molecule has 0 aliphatic heterocycles. The maximum absolute atomic E-state index is 12.3. The van der Waals surface area contributed by atoms with E-state index in [4.69, 9.17) is 9.47 Å². The van der Waals surface area contributed by atoms with Gasteiger partial charge in [0.2, 0.25) is 0 Å². The molecule has 5 nitrogen and oxygen atoms in total. The van der Waals surface area contributed by atoms with Gasteiger partial charge in [-0.15, -0.1) is 12.4 Å². The van der Waals surface area contributed by atoms with Gasteiger partial charge in [-0.25, -0.2) is 0 Å². The van der Waals surface area contributed by atoms with Crippen molar-refractivity contribution in [3.63, 3.8) is 0 Å². The molecule has 0 radical (unpaired) electrons. The minimum atomic E-state index is -0.0765. The fourth-order valence-corrected chi connectivity index (χ4v) is 2.31. The molecule has 2 aromatic rings. The summed E-state index contributed by atoms with van der Waals surface area (Å²) in [6.07, 6.45) is 0. The van der Waals surface area contributed by atoms with E-state index >= 15 is 0 Å². The molecule has 2 rings (SSSR count). The zero-order valence-electron chi connectivity index (χ0n) is 13.4. The summed E-state index contributed by atoms with van der Waals surface area (Å²) in [4.78, 5) is 12.3. The molecule has 0 aliphatic rings. The van der Waals surface area contributed by atoms with Crippen molar-refractivity contribution in [3.05, 3.63) is 42.0 Å². The lowest BCUT2D eigenvalue weighted by Crippen LogP contribution is -2.33. The van der Waals surface area contributed by atoms with Crippen molar-refractivity contribution in [2.45, 2.75) is 0 Å². The first kappa shape index (κ1) is 19.2. The van der Waals surface area contributed by atoms with Gasteiger partial charge >= 0.3 is 0 Å². The van der Waals surface area contributed by atoms with Crippen molar-refractivity contribution in [2.75, 3.05) is 40.5 Å². The molecule has 0 fully saturated rings. The molecule has 1 amide bonds. The number of amides is 1. The third-order valence-electron chi connectivity index (χ3n) is 3.42. The standard InChI is InChI=1S/C17H22N2O3.ClH/c1-21-12-11-18-9-10-19-17(20)15-7-8-16(22-2)14-6-4-3-5-13(14)15;/h3-8,18H,9-12H2,1-2H3,(H,19,20);1H. The van der Waals surface area contributed by atoms with Crippen LogP contribution >= 0.6 is 12.4 Å². The normalized spacial score (nSPS) is 10.2. The summed E-state index contributed by atoms with van der Waals surface area (Å²) in [6, 6.07) is 11.4. The molecule has 0 unspecified atom stereocenters. The first-order chi connectivity index (χ1) is 10.8. The van der Waals surface area contributed by atoms with Crippen LogP contribution in [0.3, 0.4) is 0 Å². The lowest BCUT2D eigenvalue weighted by atomic mass is 10.0. The molecule has 0 saturated heterocycles. The fraction of sp³-hybridized carbons (Fsp3) is 0.353. The number of nitrogens with one attached hydrogen (secondary N) is 2. The summed E-state index contributed by atoms with van der Waals surface area (Å²) < 4.78 is 10.3. The van der Waals surface area contributed by atoms with Crippen LogP contribution in [0.4, 0.5) is 0 Å². The fourth-order valence-electron chi connectivity index (χ4n) is 2.31.